The number of para-hydroxylation sites is 2. The van der Waals surface area contributed by atoms with Crippen LogP contribution < -0.4 is 0 Å². The second kappa shape index (κ2) is 8.73. The van der Waals surface area contributed by atoms with E-state index >= 15 is 0 Å². The van der Waals surface area contributed by atoms with E-state index in [2.05, 4.69) is 71.3 Å². The van der Waals surface area contributed by atoms with Gasteiger partial charge in [-0.3, -0.25) is 4.90 Å². The second-order valence-corrected chi connectivity index (χ2v) is 8.34. The van der Waals surface area contributed by atoms with Crippen molar-refractivity contribution < 1.29 is 4.74 Å². The molecule has 166 valence electrons. The number of rotatable bonds is 6. The number of hydrogen-bond donors (Lipinski definition) is 0. The van der Waals surface area contributed by atoms with Crippen molar-refractivity contribution in [3.63, 3.8) is 0 Å². The van der Waals surface area contributed by atoms with E-state index in [0.29, 0.717) is 13.2 Å². The van der Waals surface area contributed by atoms with Crippen LogP contribution in [0.25, 0.3) is 22.1 Å². The highest BCUT2D eigenvalue weighted by molar-refractivity contribution is 5.75. The zero-order chi connectivity index (χ0) is 22.0. The molecular weight excluding hydrogens is 414 g/mol. The van der Waals surface area contributed by atoms with Gasteiger partial charge in [0.2, 0.25) is 0 Å². The van der Waals surface area contributed by atoms with Crippen molar-refractivity contribution in [2.75, 3.05) is 26.3 Å². The highest BCUT2D eigenvalue weighted by Gasteiger charge is 2.30. The molecule has 8 heteroatoms. The summed E-state index contributed by atoms with van der Waals surface area (Å²) in [4.78, 5) is 2.44. The summed E-state index contributed by atoms with van der Waals surface area (Å²) in [6.45, 7) is 3.12. The second-order valence-electron chi connectivity index (χ2n) is 8.34. The van der Waals surface area contributed by atoms with Gasteiger partial charge in [-0.05, 0) is 29.8 Å². The highest BCUT2D eigenvalue weighted by atomic mass is 16.5. The summed E-state index contributed by atoms with van der Waals surface area (Å²) in [5.41, 5.74) is 5.04. The van der Waals surface area contributed by atoms with Gasteiger partial charge >= 0.3 is 0 Å². The van der Waals surface area contributed by atoms with E-state index in [-0.39, 0.29) is 12.2 Å². The van der Waals surface area contributed by atoms with Gasteiger partial charge in [0.1, 0.15) is 17.2 Å². The summed E-state index contributed by atoms with van der Waals surface area (Å²) in [5, 5.41) is 18.1. The maximum atomic E-state index is 5.66. The van der Waals surface area contributed by atoms with Crippen molar-refractivity contribution in [3.05, 3.63) is 84.4 Å². The Hall–Kier alpha value is -3.62. The molecule has 1 aliphatic heterocycles. The Morgan fingerprint density at radius 2 is 1.27 bits per heavy atom. The van der Waals surface area contributed by atoms with Crippen LogP contribution in [0, 0.1) is 0 Å². The minimum absolute atomic E-state index is 0.00512. The average molecular weight is 440 g/mol. The quantitative estimate of drug-likeness (QED) is 0.402. The monoisotopic (exact) mass is 439 g/mol. The zero-order valence-electron chi connectivity index (χ0n) is 18.2. The molecule has 0 spiro atoms. The van der Waals surface area contributed by atoms with Crippen molar-refractivity contribution in [3.8, 4) is 0 Å². The summed E-state index contributed by atoms with van der Waals surface area (Å²) < 4.78 is 9.78. The topological polar surface area (TPSA) is 73.9 Å². The molecule has 1 aliphatic rings. The molecule has 1 fully saturated rings. The molecule has 0 radical (unpaired) electrons. The fraction of sp³-hybridized carbons (Fsp3) is 0.280. The van der Waals surface area contributed by atoms with Gasteiger partial charge in [0.15, 0.2) is 0 Å². The van der Waals surface area contributed by atoms with Crippen LogP contribution >= 0.6 is 0 Å². The lowest BCUT2D eigenvalue weighted by molar-refractivity contribution is -0.0100. The predicted octanol–water partition coefficient (Wildman–Crippen LogP) is 3.69. The molecule has 33 heavy (non-hydrogen) atoms. The lowest BCUT2D eigenvalue weighted by Gasteiger charge is -2.36. The smallest absolute Gasteiger partial charge is 0.113 e. The van der Waals surface area contributed by atoms with Gasteiger partial charge in [-0.25, -0.2) is 9.36 Å². The molecule has 0 bridgehead atoms. The first-order valence-corrected chi connectivity index (χ1v) is 11.3. The molecule has 2 unspecified atom stereocenters. The van der Waals surface area contributed by atoms with Crippen LogP contribution in [0.2, 0.25) is 0 Å². The fourth-order valence-corrected chi connectivity index (χ4v) is 4.76. The fourth-order valence-electron chi connectivity index (χ4n) is 4.76. The van der Waals surface area contributed by atoms with E-state index in [9.17, 15) is 0 Å². The van der Waals surface area contributed by atoms with Crippen LogP contribution in [0.3, 0.4) is 0 Å². The van der Waals surface area contributed by atoms with Gasteiger partial charge in [0.05, 0.1) is 30.3 Å². The van der Waals surface area contributed by atoms with E-state index in [0.717, 1.165) is 41.6 Å². The first kappa shape index (κ1) is 20.0. The third-order valence-electron chi connectivity index (χ3n) is 6.42. The van der Waals surface area contributed by atoms with Gasteiger partial charge in [-0.2, -0.15) is 0 Å². The normalized spacial score (nSPS) is 16.8. The van der Waals surface area contributed by atoms with Crippen LogP contribution in [0.1, 0.15) is 24.2 Å². The van der Waals surface area contributed by atoms with Gasteiger partial charge in [0, 0.05) is 19.5 Å². The minimum atomic E-state index is -0.0191. The van der Waals surface area contributed by atoms with Gasteiger partial charge in [0.25, 0.3) is 0 Å². The minimum Gasteiger partial charge on any atom is -0.379 e. The standard InChI is InChI=1S/C25H25N7O/c1-2-8-19(9-3-1)24(31-22-12-6-4-10-20(22)26-28-31)18-25(30-14-16-33-17-15-30)32-23-13-7-5-11-21(23)27-29-32/h1-13,24-25H,14-18H2. The summed E-state index contributed by atoms with van der Waals surface area (Å²) >= 11 is 0. The number of nitrogens with zero attached hydrogens (tertiary/aromatic N) is 7. The maximum Gasteiger partial charge on any atom is 0.113 e. The molecule has 3 aromatic carbocycles. The third kappa shape index (κ3) is 3.77. The van der Waals surface area contributed by atoms with Gasteiger partial charge < -0.3 is 4.74 Å². The molecule has 0 saturated carbocycles. The third-order valence-corrected chi connectivity index (χ3v) is 6.42. The van der Waals surface area contributed by atoms with Crippen molar-refractivity contribution in [2.24, 2.45) is 0 Å². The molecule has 6 rings (SSSR count). The van der Waals surface area contributed by atoms with Gasteiger partial charge in [-0.1, -0.05) is 65.0 Å². The van der Waals surface area contributed by atoms with Crippen LogP contribution in [0.5, 0.6) is 0 Å². The van der Waals surface area contributed by atoms with Crippen LogP contribution in [-0.2, 0) is 4.74 Å². The molecule has 3 heterocycles. The lowest BCUT2D eigenvalue weighted by Crippen LogP contribution is -2.42. The molecule has 8 nitrogen and oxygen atoms in total. The highest BCUT2D eigenvalue weighted by Crippen LogP contribution is 2.33. The van der Waals surface area contributed by atoms with E-state index in [1.807, 2.05) is 42.5 Å². The predicted molar refractivity (Wildman–Crippen MR) is 126 cm³/mol. The Balaban J connectivity index is 1.47. The molecule has 0 aliphatic carbocycles. The Labute approximate surface area is 191 Å². The number of ether oxygens (including phenoxy) is 1. The molecule has 5 aromatic rings. The number of hydrogen-bond acceptors (Lipinski definition) is 6. The molecule has 0 N–H and O–H groups in total. The Morgan fingerprint density at radius 1 is 0.697 bits per heavy atom. The zero-order valence-corrected chi connectivity index (χ0v) is 18.2. The number of morpholine rings is 1. The van der Waals surface area contributed by atoms with Crippen LogP contribution in [-0.4, -0.2) is 61.2 Å². The molecule has 1 saturated heterocycles. The first-order chi connectivity index (χ1) is 16.4. The van der Waals surface area contributed by atoms with E-state index in [1.165, 1.54) is 5.56 Å². The molecule has 2 atom stereocenters. The van der Waals surface area contributed by atoms with Crippen molar-refractivity contribution in [1.29, 1.82) is 0 Å². The average Bonchev–Trinajstić information content (AvgIpc) is 3.51. The number of aromatic nitrogens is 6. The van der Waals surface area contributed by atoms with Crippen LogP contribution in [0.15, 0.2) is 78.9 Å². The number of benzene rings is 3. The lowest BCUT2D eigenvalue weighted by atomic mass is 10.0. The van der Waals surface area contributed by atoms with E-state index in [1.54, 1.807) is 0 Å². The van der Waals surface area contributed by atoms with E-state index < -0.39 is 0 Å². The molecule has 2 aromatic heterocycles. The summed E-state index contributed by atoms with van der Waals surface area (Å²) in [5.74, 6) is 0. The Morgan fingerprint density at radius 3 is 1.97 bits per heavy atom. The molecule has 0 amide bonds. The SMILES string of the molecule is c1ccc(C(CC(N2CCOCC2)n2nnc3ccccc32)n2nnc3ccccc32)cc1. The molecular formula is C25H25N7O. The van der Waals surface area contributed by atoms with Gasteiger partial charge in [-0.15, -0.1) is 10.2 Å². The van der Waals surface area contributed by atoms with E-state index in [4.69, 9.17) is 4.74 Å². The first-order valence-electron chi connectivity index (χ1n) is 11.3. The van der Waals surface area contributed by atoms with Crippen molar-refractivity contribution in [1.82, 2.24) is 34.9 Å². The summed E-state index contributed by atoms with van der Waals surface area (Å²) in [6.07, 6.45) is 0.763. The maximum absolute atomic E-state index is 5.66. The Bertz CT molecular complexity index is 1360. The van der Waals surface area contributed by atoms with Crippen molar-refractivity contribution in [2.45, 2.75) is 18.6 Å². The summed E-state index contributed by atoms with van der Waals surface area (Å²) in [7, 11) is 0. The van der Waals surface area contributed by atoms with Crippen LogP contribution in [0.4, 0.5) is 0 Å². The number of fused-ring (bicyclic) bond motifs is 2. The Kier molecular flexibility index (Phi) is 5.29. The largest absolute Gasteiger partial charge is 0.379 e. The summed E-state index contributed by atoms with van der Waals surface area (Å²) in [6, 6.07) is 26.8. The van der Waals surface area contributed by atoms with Crippen molar-refractivity contribution >= 4 is 22.1 Å².